The minimum atomic E-state index is -0.109. The highest BCUT2D eigenvalue weighted by Gasteiger charge is 2.29. The third-order valence-electron chi connectivity index (χ3n) is 6.25. The van der Waals surface area contributed by atoms with E-state index in [-0.39, 0.29) is 6.61 Å². The summed E-state index contributed by atoms with van der Waals surface area (Å²) in [5.41, 5.74) is 5.51. The first-order valence-corrected chi connectivity index (χ1v) is 10.6. The normalized spacial score (nSPS) is 15.4. The van der Waals surface area contributed by atoms with E-state index in [0.29, 0.717) is 16.8 Å². The number of fused-ring (bicyclic) bond motifs is 1. The molecule has 0 aliphatic heterocycles. The van der Waals surface area contributed by atoms with Gasteiger partial charge in [-0.25, -0.2) is 9.97 Å². The Labute approximate surface area is 180 Å². The van der Waals surface area contributed by atoms with Gasteiger partial charge in [-0.1, -0.05) is 19.8 Å². The average Bonchev–Trinajstić information content (AvgIpc) is 3.52. The summed E-state index contributed by atoms with van der Waals surface area (Å²) in [4.78, 5) is 9.05. The highest BCUT2D eigenvalue weighted by atomic mass is 16.3. The van der Waals surface area contributed by atoms with Crippen LogP contribution in [0.4, 0.5) is 0 Å². The van der Waals surface area contributed by atoms with Crippen LogP contribution in [0.5, 0.6) is 0 Å². The van der Waals surface area contributed by atoms with Crippen LogP contribution in [-0.4, -0.2) is 29.3 Å². The first kappa shape index (κ1) is 19.5. The number of imidazole rings is 1. The van der Waals surface area contributed by atoms with Crippen LogP contribution in [0.2, 0.25) is 0 Å². The van der Waals surface area contributed by atoms with Gasteiger partial charge in [0.2, 0.25) is 0 Å². The topological polar surface area (TPSA) is 92.0 Å². The lowest BCUT2D eigenvalue weighted by molar-refractivity contribution is 0.268. The van der Waals surface area contributed by atoms with Gasteiger partial charge in [0.25, 0.3) is 0 Å². The van der Waals surface area contributed by atoms with E-state index in [1.54, 1.807) is 12.3 Å². The Kier molecular flexibility index (Phi) is 4.79. The maximum Gasteiger partial charge on any atom is 0.141 e. The third kappa shape index (κ3) is 3.71. The van der Waals surface area contributed by atoms with E-state index in [2.05, 4.69) is 34.3 Å². The van der Waals surface area contributed by atoms with E-state index in [9.17, 15) is 10.4 Å². The second-order valence-electron chi connectivity index (χ2n) is 8.72. The number of nitrogens with zero attached hydrogens (tertiary/aromatic N) is 6. The zero-order valence-electron chi connectivity index (χ0n) is 17.5. The molecular formula is C24H24N6O. The Balaban J connectivity index is 1.55. The van der Waals surface area contributed by atoms with Crippen LogP contribution in [0.1, 0.15) is 44.0 Å². The molecule has 4 aromatic rings. The molecule has 0 unspecified atom stereocenters. The summed E-state index contributed by atoms with van der Waals surface area (Å²) < 4.78 is 3.90. The maximum absolute atomic E-state index is 9.40. The fourth-order valence-electron chi connectivity index (χ4n) is 4.60. The fraction of sp³-hybridized carbons (Fsp3) is 0.333. The van der Waals surface area contributed by atoms with Gasteiger partial charge in [-0.05, 0) is 42.5 Å². The van der Waals surface area contributed by atoms with E-state index >= 15 is 0 Å². The maximum atomic E-state index is 9.40. The second-order valence-corrected chi connectivity index (χ2v) is 8.72. The first-order valence-electron chi connectivity index (χ1n) is 10.6. The van der Waals surface area contributed by atoms with Gasteiger partial charge in [-0.15, -0.1) is 0 Å². The third-order valence-corrected chi connectivity index (χ3v) is 6.25. The molecule has 1 aliphatic rings. The van der Waals surface area contributed by atoms with Gasteiger partial charge < -0.3 is 9.51 Å². The molecule has 0 radical (unpaired) electrons. The number of rotatable bonds is 5. The summed E-state index contributed by atoms with van der Waals surface area (Å²) in [6, 6.07) is 9.70. The van der Waals surface area contributed by atoms with Gasteiger partial charge in [0.1, 0.15) is 17.4 Å². The van der Waals surface area contributed by atoms with Crippen LogP contribution in [0.3, 0.4) is 0 Å². The highest BCUT2D eigenvalue weighted by molar-refractivity contribution is 5.81. The molecule has 1 aliphatic carbocycles. The van der Waals surface area contributed by atoms with Crippen molar-refractivity contribution >= 4 is 5.65 Å². The lowest BCUT2D eigenvalue weighted by atomic mass is 9.89. The molecule has 5 rings (SSSR count). The molecule has 4 aromatic heterocycles. The zero-order chi connectivity index (χ0) is 21.4. The van der Waals surface area contributed by atoms with Crippen LogP contribution in [0.25, 0.3) is 28.0 Å². The molecule has 7 heteroatoms. The second kappa shape index (κ2) is 7.64. The number of pyridine rings is 2. The minimum absolute atomic E-state index is 0.109. The van der Waals surface area contributed by atoms with Gasteiger partial charge in [-0.2, -0.15) is 10.4 Å². The van der Waals surface area contributed by atoms with Crippen molar-refractivity contribution in [3.05, 3.63) is 60.4 Å². The number of nitriles is 1. The van der Waals surface area contributed by atoms with Crippen molar-refractivity contribution in [2.75, 3.05) is 0 Å². The Morgan fingerprint density at radius 2 is 1.97 bits per heavy atom. The van der Waals surface area contributed by atoms with Crippen molar-refractivity contribution in [2.45, 2.75) is 45.8 Å². The lowest BCUT2D eigenvalue weighted by Gasteiger charge is -2.22. The van der Waals surface area contributed by atoms with Gasteiger partial charge >= 0.3 is 0 Å². The monoisotopic (exact) mass is 412 g/mol. The summed E-state index contributed by atoms with van der Waals surface area (Å²) >= 11 is 0. The Hall–Kier alpha value is -3.50. The van der Waals surface area contributed by atoms with E-state index in [0.717, 1.165) is 34.6 Å². The number of aliphatic hydroxyl groups excluding tert-OH is 1. The SMILES string of the molecule is CC1(Cn2cc(-c3ccc(C#N)nc3-c3ccn4cc(CO)nc4c3)cn2)CCCC1. The molecule has 0 bridgehead atoms. The molecule has 4 heterocycles. The Morgan fingerprint density at radius 1 is 1.13 bits per heavy atom. The molecule has 0 atom stereocenters. The number of hydrogen-bond donors (Lipinski definition) is 1. The molecule has 0 spiro atoms. The van der Waals surface area contributed by atoms with Crippen LogP contribution in [-0.2, 0) is 13.2 Å². The number of aliphatic hydroxyl groups is 1. The van der Waals surface area contributed by atoms with E-state index < -0.39 is 0 Å². The van der Waals surface area contributed by atoms with Crippen LogP contribution < -0.4 is 0 Å². The lowest BCUT2D eigenvalue weighted by Crippen LogP contribution is -2.19. The van der Waals surface area contributed by atoms with Crippen molar-refractivity contribution in [1.82, 2.24) is 24.1 Å². The molecule has 7 nitrogen and oxygen atoms in total. The molecule has 0 saturated heterocycles. The summed E-state index contributed by atoms with van der Waals surface area (Å²) in [6.07, 6.45) is 12.7. The molecule has 31 heavy (non-hydrogen) atoms. The van der Waals surface area contributed by atoms with E-state index in [1.165, 1.54) is 25.7 Å². The Bertz CT molecular complexity index is 1290. The molecule has 1 saturated carbocycles. The van der Waals surface area contributed by atoms with Crippen LogP contribution in [0.15, 0.2) is 49.1 Å². The quantitative estimate of drug-likeness (QED) is 0.530. The number of hydrogen-bond acceptors (Lipinski definition) is 5. The van der Waals surface area contributed by atoms with Gasteiger partial charge in [0, 0.05) is 41.8 Å². The highest BCUT2D eigenvalue weighted by Crippen LogP contribution is 2.39. The van der Waals surface area contributed by atoms with Crippen LogP contribution in [0, 0.1) is 16.7 Å². The molecule has 0 amide bonds. The smallest absolute Gasteiger partial charge is 0.141 e. The molecular weight excluding hydrogens is 388 g/mol. The fourth-order valence-corrected chi connectivity index (χ4v) is 4.60. The van der Waals surface area contributed by atoms with Gasteiger partial charge in [-0.3, -0.25) is 4.68 Å². The minimum Gasteiger partial charge on any atom is -0.390 e. The van der Waals surface area contributed by atoms with E-state index in [1.807, 2.05) is 39.7 Å². The molecule has 0 aromatic carbocycles. The van der Waals surface area contributed by atoms with Gasteiger partial charge in [0.15, 0.2) is 0 Å². The van der Waals surface area contributed by atoms with Crippen molar-refractivity contribution in [2.24, 2.45) is 5.41 Å². The van der Waals surface area contributed by atoms with Crippen molar-refractivity contribution in [1.29, 1.82) is 5.26 Å². The summed E-state index contributed by atoms with van der Waals surface area (Å²) in [7, 11) is 0. The van der Waals surface area contributed by atoms with Gasteiger partial charge in [0.05, 0.1) is 24.2 Å². The standard InChI is InChI=1S/C24H24N6O/c1-24(7-2-3-8-24)16-30-13-18(12-26-30)21-5-4-19(11-25)28-23(21)17-6-9-29-14-20(15-31)27-22(29)10-17/h4-6,9-10,12-14,31H,2-3,7-8,15-16H2,1H3. The van der Waals surface area contributed by atoms with Crippen LogP contribution >= 0.6 is 0 Å². The van der Waals surface area contributed by atoms with Crippen molar-refractivity contribution in [3.8, 4) is 28.5 Å². The molecule has 1 fully saturated rings. The first-order chi connectivity index (χ1) is 15.1. The van der Waals surface area contributed by atoms with E-state index in [4.69, 9.17) is 0 Å². The largest absolute Gasteiger partial charge is 0.390 e. The predicted molar refractivity (Wildman–Crippen MR) is 117 cm³/mol. The summed E-state index contributed by atoms with van der Waals surface area (Å²) in [5.74, 6) is 0. The molecule has 156 valence electrons. The van der Waals surface area contributed by atoms with Crippen molar-refractivity contribution < 1.29 is 5.11 Å². The number of aromatic nitrogens is 5. The zero-order valence-corrected chi connectivity index (χ0v) is 17.5. The molecule has 1 N–H and O–H groups in total. The average molecular weight is 412 g/mol. The summed E-state index contributed by atoms with van der Waals surface area (Å²) in [5, 5.41) is 23.4. The predicted octanol–water partition coefficient (Wildman–Crippen LogP) is 4.20. The van der Waals surface area contributed by atoms with Crippen molar-refractivity contribution in [3.63, 3.8) is 0 Å². The Morgan fingerprint density at radius 3 is 2.74 bits per heavy atom. The summed E-state index contributed by atoms with van der Waals surface area (Å²) in [6.45, 7) is 3.15.